The molecule has 0 aliphatic heterocycles. The molecule has 1 unspecified atom stereocenters. The molecule has 0 heterocycles. The van der Waals surface area contributed by atoms with E-state index in [1.807, 2.05) is 0 Å². The van der Waals surface area contributed by atoms with Crippen LogP contribution in [-0.4, -0.2) is 139 Å². The standard InChI is InChI=1S/C8F18.2C8H20N.C4H6O7S/c9-1(10,3(13,14)5(17,18)7(21,22)23)2(11,12)4(15,16)6(19,20)8(24,25)26;2*1-5-9(6-2,7-3)8-4;5-3(6)1-2(4(7)8)12(9,10)11/h;2*5-8H2,1-4H3;2H,1H2,(H,5,6)(H,7,8)(H,9,10,11)/q;2*+1;/p-2. The lowest BCUT2D eigenvalue weighted by Crippen LogP contribution is -2.74. The van der Waals surface area contributed by atoms with Crippen LogP contribution >= 0.6 is 0 Å². The van der Waals surface area contributed by atoms with E-state index in [1.165, 1.54) is 61.3 Å². The first-order valence-electron chi connectivity index (χ1n) is 16.0. The number of carboxylic acids is 2. The fourth-order valence-electron chi connectivity index (χ4n) is 4.29. The van der Waals surface area contributed by atoms with Crippen LogP contribution in [0.15, 0.2) is 0 Å². The molecule has 9 nitrogen and oxygen atoms in total. The average Bonchev–Trinajstić information content (AvgIpc) is 3.05. The van der Waals surface area contributed by atoms with Crippen LogP contribution < -0.4 is 10.2 Å². The van der Waals surface area contributed by atoms with Crippen molar-refractivity contribution < 1.29 is 121 Å². The molecule has 0 aliphatic carbocycles. The highest BCUT2D eigenvalue weighted by molar-refractivity contribution is 7.87. The van der Waals surface area contributed by atoms with E-state index in [0.29, 0.717) is 0 Å². The third-order valence-electron chi connectivity index (χ3n) is 9.02. The second kappa shape index (κ2) is 21.0. The molecule has 28 heteroatoms. The second-order valence-corrected chi connectivity index (χ2v) is 13.2. The summed E-state index contributed by atoms with van der Waals surface area (Å²) in [5.74, 6) is -55.1. The minimum absolute atomic E-state index is 1.28. The number of carbonyl (C=O) groups is 2. The quantitative estimate of drug-likeness (QED) is 0.111. The first-order valence-corrected chi connectivity index (χ1v) is 17.5. The van der Waals surface area contributed by atoms with Gasteiger partial charge in [-0.3, -0.25) is 4.55 Å². The van der Waals surface area contributed by atoms with Gasteiger partial charge in [0, 0.05) is 12.4 Å². The van der Waals surface area contributed by atoms with E-state index in [-0.39, 0.29) is 0 Å². The maximum Gasteiger partial charge on any atom is 0.460 e. The highest BCUT2D eigenvalue weighted by atomic mass is 32.2. The van der Waals surface area contributed by atoms with Gasteiger partial charge in [-0.1, -0.05) is 0 Å². The summed E-state index contributed by atoms with van der Waals surface area (Å²) >= 11 is 0. The summed E-state index contributed by atoms with van der Waals surface area (Å²) in [6, 6.07) is 0. The molecule has 340 valence electrons. The second-order valence-electron chi connectivity index (χ2n) is 11.6. The van der Waals surface area contributed by atoms with Crippen LogP contribution in [0.25, 0.3) is 0 Å². The smallest absolute Gasteiger partial charge is 0.460 e. The Morgan fingerprint density at radius 2 is 0.643 bits per heavy atom. The lowest BCUT2D eigenvalue weighted by molar-refractivity contribution is -0.921. The predicted molar refractivity (Wildman–Crippen MR) is 157 cm³/mol. The van der Waals surface area contributed by atoms with E-state index < -0.39 is 81.6 Å². The van der Waals surface area contributed by atoms with Gasteiger partial charge in [0.25, 0.3) is 10.1 Å². The van der Waals surface area contributed by atoms with E-state index in [2.05, 4.69) is 55.4 Å². The molecule has 0 saturated heterocycles. The summed E-state index contributed by atoms with van der Waals surface area (Å²) in [4.78, 5) is 19.7. The lowest BCUT2D eigenvalue weighted by Gasteiger charge is -2.41. The van der Waals surface area contributed by atoms with Crippen molar-refractivity contribution in [1.82, 2.24) is 0 Å². The Balaban J connectivity index is -0.000000370. The van der Waals surface area contributed by atoms with Crippen molar-refractivity contribution in [3.8, 4) is 0 Å². The predicted octanol–water partition coefficient (Wildman–Crippen LogP) is 5.82. The fraction of sp³-hybridized carbons (Fsp3) is 0.929. The zero-order chi connectivity index (χ0) is 46.6. The molecule has 0 amide bonds. The van der Waals surface area contributed by atoms with Crippen LogP contribution in [0.2, 0.25) is 0 Å². The van der Waals surface area contributed by atoms with E-state index in [4.69, 9.17) is 4.55 Å². The molecule has 0 aliphatic rings. The zero-order valence-electron chi connectivity index (χ0n) is 30.9. The number of halogens is 18. The normalized spacial score (nSPS) is 14.6. The first kappa shape index (κ1) is 60.2. The van der Waals surface area contributed by atoms with Gasteiger partial charge in [-0.15, -0.1) is 0 Å². The molecular weight excluding hydrogens is 850 g/mol. The Morgan fingerprint density at radius 1 is 0.464 bits per heavy atom. The Hall–Kier alpha value is -2.49. The third kappa shape index (κ3) is 13.5. The zero-order valence-corrected chi connectivity index (χ0v) is 31.8. The van der Waals surface area contributed by atoms with Crippen molar-refractivity contribution in [2.45, 2.75) is 115 Å². The van der Waals surface area contributed by atoms with Crippen LogP contribution in [0.1, 0.15) is 61.8 Å². The molecule has 0 aromatic heterocycles. The summed E-state index contributed by atoms with van der Waals surface area (Å²) in [5, 5.41) is 17.3. The first-order chi connectivity index (χ1) is 24.5. The average molecular weight is 895 g/mol. The van der Waals surface area contributed by atoms with Gasteiger partial charge in [-0.05, 0) is 55.4 Å². The summed E-state index contributed by atoms with van der Waals surface area (Å²) in [6.45, 7) is 28.4. The van der Waals surface area contributed by atoms with E-state index >= 15 is 0 Å². The number of hydrogen-bond donors (Lipinski definition) is 1. The lowest BCUT2D eigenvalue weighted by atomic mass is 9.91. The van der Waals surface area contributed by atoms with Crippen LogP contribution in [0.3, 0.4) is 0 Å². The molecule has 0 bridgehead atoms. The molecule has 0 saturated carbocycles. The number of carboxylic acid groups (broad SMARTS) is 2. The number of alkyl halides is 18. The maximum atomic E-state index is 12.8. The highest BCUT2D eigenvalue weighted by Gasteiger charge is 2.95. The SMILES string of the molecule is CC[N+](CC)(CC)CC.CC[N+](CC)(CC)CC.FC(F)(F)C(F)(F)C(F)(F)C(F)(F)C(F)(F)C(F)(F)C(F)(F)C(F)(F)F.O=C([O-])CC(C(=O)[O-])S(=O)(=O)O. The molecule has 0 fully saturated rings. The van der Waals surface area contributed by atoms with Gasteiger partial charge in [0.1, 0.15) is 5.25 Å². The summed E-state index contributed by atoms with van der Waals surface area (Å²) in [7, 11) is -4.94. The van der Waals surface area contributed by atoms with Crippen molar-refractivity contribution in [1.29, 1.82) is 0 Å². The van der Waals surface area contributed by atoms with Crippen molar-refractivity contribution in [3.05, 3.63) is 0 Å². The monoisotopic (exact) mass is 894 g/mol. The van der Waals surface area contributed by atoms with Crippen molar-refractivity contribution >= 4 is 22.1 Å². The van der Waals surface area contributed by atoms with Crippen LogP contribution in [0.4, 0.5) is 79.0 Å². The van der Waals surface area contributed by atoms with Crippen molar-refractivity contribution in [3.63, 3.8) is 0 Å². The summed E-state index contributed by atoms with van der Waals surface area (Å²) < 4.78 is 252. The maximum absolute atomic E-state index is 12.8. The van der Waals surface area contributed by atoms with Crippen LogP contribution in [-0.2, 0) is 19.7 Å². The number of rotatable bonds is 17. The van der Waals surface area contributed by atoms with E-state index in [1.54, 1.807) is 0 Å². The van der Waals surface area contributed by atoms with Crippen LogP contribution in [0.5, 0.6) is 0 Å². The molecule has 0 spiro atoms. The Morgan fingerprint density at radius 3 is 0.714 bits per heavy atom. The number of quaternary nitrogens is 2. The minimum Gasteiger partial charge on any atom is -0.550 e. The van der Waals surface area contributed by atoms with Crippen LogP contribution in [0, 0.1) is 0 Å². The molecule has 1 N–H and O–H groups in total. The molecular formula is C28H44F18N2O7S. The molecule has 0 rings (SSSR count). The minimum atomic E-state index is -8.72. The Kier molecular flexibility index (Phi) is 22.5. The van der Waals surface area contributed by atoms with Gasteiger partial charge in [0.2, 0.25) is 0 Å². The fourth-order valence-corrected chi connectivity index (χ4v) is 4.88. The molecule has 1 atom stereocenters. The summed E-state index contributed by atoms with van der Waals surface area (Å²) in [6.07, 6.45) is -16.9. The van der Waals surface area contributed by atoms with Crippen molar-refractivity contribution in [2.24, 2.45) is 0 Å². The molecule has 0 aromatic rings. The van der Waals surface area contributed by atoms with Gasteiger partial charge < -0.3 is 28.8 Å². The molecule has 0 aromatic carbocycles. The number of hydrogen-bond acceptors (Lipinski definition) is 6. The number of nitrogens with zero attached hydrogens (tertiary/aromatic N) is 2. The number of aliphatic carboxylic acids is 2. The highest BCUT2D eigenvalue weighted by Crippen LogP contribution is 2.64. The Labute approximate surface area is 310 Å². The largest absolute Gasteiger partial charge is 0.550 e. The topological polar surface area (TPSA) is 135 Å². The molecule has 56 heavy (non-hydrogen) atoms. The molecule has 0 radical (unpaired) electrons. The van der Waals surface area contributed by atoms with Gasteiger partial charge in [0.05, 0.1) is 58.3 Å². The van der Waals surface area contributed by atoms with Gasteiger partial charge in [0.15, 0.2) is 0 Å². The third-order valence-corrected chi connectivity index (χ3v) is 10.1. The van der Waals surface area contributed by atoms with Gasteiger partial charge >= 0.3 is 47.9 Å². The number of carbonyl (C=O) groups excluding carboxylic acids is 2. The van der Waals surface area contributed by atoms with Gasteiger partial charge in [-0.25, -0.2) is 0 Å². The Bertz CT molecular complexity index is 1210. The van der Waals surface area contributed by atoms with Crippen molar-refractivity contribution in [2.75, 3.05) is 52.4 Å². The van der Waals surface area contributed by atoms with E-state index in [9.17, 15) is 107 Å². The van der Waals surface area contributed by atoms with Gasteiger partial charge in [-0.2, -0.15) is 87.4 Å². The van der Waals surface area contributed by atoms with E-state index in [0.717, 1.165) is 0 Å². The summed E-state index contributed by atoms with van der Waals surface area (Å²) in [5.41, 5.74) is 0.